The van der Waals surface area contributed by atoms with Gasteiger partial charge in [-0.2, -0.15) is 0 Å². The van der Waals surface area contributed by atoms with Gasteiger partial charge in [0.15, 0.2) is 0 Å². The molecule has 5 rings (SSSR count). The Morgan fingerprint density at radius 1 is 1.42 bits per heavy atom. The first-order valence-electron chi connectivity index (χ1n) is 9.64. The normalized spacial score (nSPS) is 41.8. The second kappa shape index (κ2) is 4.76. The highest BCUT2D eigenvalue weighted by molar-refractivity contribution is 9.10. The second-order valence-corrected chi connectivity index (χ2v) is 8.84. The van der Waals surface area contributed by atoms with Crippen LogP contribution < -0.4 is 5.73 Å². The summed E-state index contributed by atoms with van der Waals surface area (Å²) >= 11 is 3.55. The Labute approximate surface area is 153 Å². The van der Waals surface area contributed by atoms with Crippen molar-refractivity contribution in [3.05, 3.63) is 33.8 Å². The van der Waals surface area contributed by atoms with Crippen LogP contribution in [0.2, 0.25) is 0 Å². The summed E-state index contributed by atoms with van der Waals surface area (Å²) in [4.78, 5) is 4.71. The van der Waals surface area contributed by atoms with Crippen molar-refractivity contribution in [2.75, 3.05) is 13.7 Å². The van der Waals surface area contributed by atoms with E-state index in [-0.39, 0.29) is 23.0 Å². The number of hydrogen-bond acceptors (Lipinski definition) is 4. The second-order valence-electron chi connectivity index (χ2n) is 7.93. The van der Waals surface area contributed by atoms with Crippen LogP contribution >= 0.6 is 15.9 Å². The van der Waals surface area contributed by atoms with E-state index in [1.807, 2.05) is 12.1 Å². The molecule has 1 heterocycles. The van der Waals surface area contributed by atoms with E-state index in [9.17, 15) is 0 Å². The van der Waals surface area contributed by atoms with Gasteiger partial charge in [-0.05, 0) is 67.2 Å². The van der Waals surface area contributed by atoms with Crippen molar-refractivity contribution in [3.63, 3.8) is 0 Å². The van der Waals surface area contributed by atoms with Crippen LogP contribution in [-0.4, -0.2) is 25.8 Å². The number of halogens is 1. The van der Waals surface area contributed by atoms with E-state index >= 15 is 0 Å². The summed E-state index contributed by atoms with van der Waals surface area (Å²) in [6.45, 7) is -1.96. The quantitative estimate of drug-likeness (QED) is 0.795. The number of nitrogens with two attached hydrogens (primary N) is 1. The van der Waals surface area contributed by atoms with Gasteiger partial charge in [0.1, 0.15) is 12.1 Å². The number of nitrogens with zero attached hydrogens (tertiary/aromatic N) is 1. The average Bonchev–Trinajstić information content (AvgIpc) is 3.20. The van der Waals surface area contributed by atoms with Gasteiger partial charge in [-0.25, -0.2) is 4.99 Å². The molecule has 1 aromatic carbocycles. The third-order valence-electron chi connectivity index (χ3n) is 6.77. The average molecular weight is 393 g/mol. The van der Waals surface area contributed by atoms with Crippen molar-refractivity contribution < 1.29 is 12.2 Å². The van der Waals surface area contributed by atoms with Crippen molar-refractivity contribution in [1.82, 2.24) is 0 Å². The van der Waals surface area contributed by atoms with Crippen molar-refractivity contribution in [2.45, 2.75) is 50.2 Å². The fraction of sp³-hybridized carbons (Fsp3) is 0.632. The molecule has 4 nitrogen and oxygen atoms in total. The molecule has 1 unspecified atom stereocenters. The molecule has 2 saturated carbocycles. The van der Waals surface area contributed by atoms with Gasteiger partial charge in [0.05, 0.1) is 8.85 Å². The molecule has 4 aliphatic rings. The monoisotopic (exact) mass is 392 g/mol. The summed E-state index contributed by atoms with van der Waals surface area (Å²) in [5, 5.41) is 0. The van der Waals surface area contributed by atoms with Crippen LogP contribution in [0.5, 0.6) is 0 Å². The molecule has 3 spiro atoms. The highest BCUT2D eigenvalue weighted by Gasteiger charge is 2.67. The maximum absolute atomic E-state index is 8.77. The molecule has 1 aliphatic heterocycles. The first-order chi connectivity index (χ1) is 12.3. The van der Waals surface area contributed by atoms with Crippen molar-refractivity contribution in [2.24, 2.45) is 21.6 Å². The van der Waals surface area contributed by atoms with Crippen molar-refractivity contribution in [3.8, 4) is 0 Å². The lowest BCUT2D eigenvalue weighted by Crippen LogP contribution is -2.50. The fourth-order valence-corrected chi connectivity index (χ4v) is 5.93. The molecular weight excluding hydrogens is 368 g/mol. The Bertz CT molecular complexity index is 826. The number of amidine groups is 1. The minimum atomic E-state index is -1.96. The largest absolute Gasteiger partial charge is 0.462 e. The number of methoxy groups -OCH3 is 1. The van der Waals surface area contributed by atoms with Crippen LogP contribution in [0.25, 0.3) is 0 Å². The number of rotatable bonds is 1. The zero-order chi connectivity index (χ0) is 18.4. The third-order valence-corrected chi connectivity index (χ3v) is 7.27. The number of benzene rings is 1. The molecule has 0 bridgehead atoms. The van der Waals surface area contributed by atoms with Crippen LogP contribution in [0.1, 0.15) is 46.0 Å². The summed E-state index contributed by atoms with van der Waals surface area (Å²) in [5.41, 5.74) is 6.76. The minimum Gasteiger partial charge on any atom is -0.462 e. The highest BCUT2D eigenvalue weighted by atomic mass is 79.9. The van der Waals surface area contributed by atoms with Gasteiger partial charge >= 0.3 is 0 Å². The summed E-state index contributed by atoms with van der Waals surface area (Å²) in [7, 11) is 1.80. The molecule has 2 fully saturated rings. The SMILES string of the molecule is [2H]C1([2H])OC(N)=NC12c1cc(Br)ccc1C[C@]21CC[C@@H](OC)C2(CC2)C1. The third kappa shape index (κ3) is 1.80. The molecule has 1 aromatic rings. The van der Waals surface area contributed by atoms with Gasteiger partial charge < -0.3 is 15.2 Å². The standard InChI is InChI=1S/C19H23BrN2O2/c1-23-15-4-5-18(10-17(15)6-7-17)9-12-2-3-13(20)8-14(12)19(18)11-24-16(21)22-19/h2-3,8,15H,4-7,9-11H2,1H3,(H2,21,22)/t15-,18+,19?/m1/s1/i11D2. The fourth-order valence-electron chi connectivity index (χ4n) is 5.57. The molecule has 3 atom stereocenters. The van der Waals surface area contributed by atoms with Gasteiger partial charge in [0.25, 0.3) is 6.02 Å². The number of fused-ring (bicyclic) bond motifs is 3. The lowest BCUT2D eigenvalue weighted by molar-refractivity contribution is -0.0622. The summed E-state index contributed by atoms with van der Waals surface area (Å²) in [5.74, 6) is 0. The Hall–Kier alpha value is -1.07. The van der Waals surface area contributed by atoms with E-state index in [0.29, 0.717) is 0 Å². The summed E-state index contributed by atoms with van der Waals surface area (Å²) < 4.78 is 29.7. The van der Waals surface area contributed by atoms with E-state index in [4.69, 9.17) is 22.9 Å². The Morgan fingerprint density at radius 3 is 2.92 bits per heavy atom. The van der Waals surface area contributed by atoms with Crippen molar-refractivity contribution >= 4 is 22.0 Å². The highest BCUT2D eigenvalue weighted by Crippen LogP contribution is 2.70. The predicted molar refractivity (Wildman–Crippen MR) is 95.8 cm³/mol. The van der Waals surface area contributed by atoms with Crippen LogP contribution in [0.15, 0.2) is 27.7 Å². The van der Waals surface area contributed by atoms with E-state index in [1.165, 1.54) is 0 Å². The first-order valence-corrected chi connectivity index (χ1v) is 9.43. The van der Waals surface area contributed by atoms with Crippen LogP contribution in [0, 0.1) is 10.8 Å². The van der Waals surface area contributed by atoms with Crippen molar-refractivity contribution in [1.29, 1.82) is 0 Å². The smallest absolute Gasteiger partial charge is 0.283 e. The first kappa shape index (κ1) is 13.2. The molecule has 24 heavy (non-hydrogen) atoms. The molecule has 0 aromatic heterocycles. The molecule has 0 radical (unpaired) electrons. The number of hydrogen-bond donors (Lipinski definition) is 1. The molecular formula is C19H23BrN2O2. The Kier molecular flexibility index (Phi) is 2.61. The summed E-state index contributed by atoms with van der Waals surface area (Å²) in [6, 6.07) is 6.09. The molecule has 3 aliphatic carbocycles. The topological polar surface area (TPSA) is 56.8 Å². The van der Waals surface area contributed by atoms with E-state index in [2.05, 4.69) is 22.0 Å². The van der Waals surface area contributed by atoms with Crippen LogP contribution in [-0.2, 0) is 21.4 Å². The summed E-state index contributed by atoms with van der Waals surface area (Å²) in [6.07, 6.45) is 6.06. The molecule has 0 amide bonds. The predicted octanol–water partition coefficient (Wildman–Crippen LogP) is 3.51. The molecule has 5 heteroatoms. The number of aliphatic imine (C=N–C) groups is 1. The number of ether oxygens (including phenoxy) is 2. The van der Waals surface area contributed by atoms with Crippen LogP contribution in [0.4, 0.5) is 0 Å². The Morgan fingerprint density at radius 2 is 2.25 bits per heavy atom. The van der Waals surface area contributed by atoms with E-state index in [0.717, 1.165) is 54.1 Å². The maximum atomic E-state index is 8.77. The zero-order valence-electron chi connectivity index (χ0n) is 15.8. The van der Waals surface area contributed by atoms with Gasteiger partial charge in [-0.1, -0.05) is 22.0 Å². The lowest BCUT2D eigenvalue weighted by atomic mass is 9.58. The lowest BCUT2D eigenvalue weighted by Gasteiger charge is -2.49. The molecule has 0 saturated heterocycles. The van der Waals surface area contributed by atoms with Gasteiger partial charge in [-0.3, -0.25) is 0 Å². The van der Waals surface area contributed by atoms with Gasteiger partial charge in [-0.15, -0.1) is 0 Å². The maximum Gasteiger partial charge on any atom is 0.283 e. The Balaban J connectivity index is 1.72. The van der Waals surface area contributed by atoms with Gasteiger partial charge in [0, 0.05) is 17.0 Å². The molecule has 128 valence electrons. The van der Waals surface area contributed by atoms with Gasteiger partial charge in [0.2, 0.25) is 0 Å². The molecule has 2 N–H and O–H groups in total. The van der Waals surface area contributed by atoms with E-state index < -0.39 is 12.1 Å². The van der Waals surface area contributed by atoms with E-state index in [1.54, 1.807) is 7.11 Å². The minimum absolute atomic E-state index is 0.0408. The van der Waals surface area contributed by atoms with Crippen LogP contribution in [0.3, 0.4) is 0 Å². The zero-order valence-corrected chi connectivity index (χ0v) is 15.4.